The van der Waals surface area contributed by atoms with Gasteiger partial charge in [-0.25, -0.2) is 0 Å². The molecule has 142 valence electrons. The minimum absolute atomic E-state index is 0.121. The van der Waals surface area contributed by atoms with Crippen molar-refractivity contribution in [1.29, 1.82) is 5.26 Å². The molecular formula is C22H28N4O. The third-order valence-corrected chi connectivity index (χ3v) is 4.60. The maximum absolute atomic E-state index is 12.5. The van der Waals surface area contributed by atoms with E-state index in [2.05, 4.69) is 16.8 Å². The van der Waals surface area contributed by atoms with Crippen LogP contribution in [-0.4, -0.2) is 24.6 Å². The van der Waals surface area contributed by atoms with Gasteiger partial charge in [-0.15, -0.1) is 0 Å². The van der Waals surface area contributed by atoms with Crippen LogP contribution in [0.2, 0.25) is 0 Å². The van der Waals surface area contributed by atoms with Crippen molar-refractivity contribution in [1.82, 2.24) is 9.88 Å². The fraction of sp³-hybridized carbons (Fsp3) is 0.364. The van der Waals surface area contributed by atoms with Crippen LogP contribution in [0.15, 0.2) is 35.9 Å². The number of aromatic nitrogens is 1. The van der Waals surface area contributed by atoms with Crippen molar-refractivity contribution in [3.05, 3.63) is 58.4 Å². The first kappa shape index (κ1) is 20.3. The second-order valence-electron chi connectivity index (χ2n) is 6.89. The predicted octanol–water partition coefficient (Wildman–Crippen LogP) is 3.80. The number of carbonyl (C=O) groups excluding carboxylic acids is 1. The number of amides is 1. The zero-order valence-electron chi connectivity index (χ0n) is 16.8. The molecule has 27 heavy (non-hydrogen) atoms. The Hall–Kier alpha value is -3.00. The molecular weight excluding hydrogens is 336 g/mol. The molecule has 2 rings (SSSR count). The highest BCUT2D eigenvalue weighted by molar-refractivity contribution is 6.01. The molecule has 0 fully saturated rings. The molecule has 0 aliphatic carbocycles. The minimum atomic E-state index is -0.354. The van der Waals surface area contributed by atoms with Gasteiger partial charge in [0.1, 0.15) is 11.6 Å². The van der Waals surface area contributed by atoms with Crippen molar-refractivity contribution in [3.8, 4) is 6.07 Å². The van der Waals surface area contributed by atoms with Crippen LogP contribution in [0.3, 0.4) is 0 Å². The highest BCUT2D eigenvalue weighted by Crippen LogP contribution is 2.19. The summed E-state index contributed by atoms with van der Waals surface area (Å²) in [4.78, 5) is 14.5. The van der Waals surface area contributed by atoms with Crippen LogP contribution in [0.5, 0.6) is 0 Å². The first-order valence-electron chi connectivity index (χ1n) is 9.20. The van der Waals surface area contributed by atoms with Gasteiger partial charge < -0.3 is 14.8 Å². The second kappa shape index (κ2) is 9.09. The molecule has 5 nitrogen and oxygen atoms in total. The van der Waals surface area contributed by atoms with Gasteiger partial charge in [0.05, 0.1) is 0 Å². The molecule has 1 heterocycles. The molecule has 0 spiro atoms. The topological polar surface area (TPSA) is 61.1 Å². The smallest absolute Gasteiger partial charge is 0.262 e. The first-order chi connectivity index (χ1) is 12.9. The molecule has 1 N–H and O–H groups in total. The van der Waals surface area contributed by atoms with Crippen molar-refractivity contribution < 1.29 is 4.79 Å². The molecule has 0 unspecified atom stereocenters. The summed E-state index contributed by atoms with van der Waals surface area (Å²) < 4.78 is 2.21. The SMILES string of the molecule is CCCn1c(C)cc(/C=C(/C#N)C(=O)NCc2cccc(N(C)C)c2)c1C. The number of anilines is 1. The maximum atomic E-state index is 12.5. The summed E-state index contributed by atoms with van der Waals surface area (Å²) in [5.41, 5.74) is 5.32. The van der Waals surface area contributed by atoms with Crippen molar-refractivity contribution in [2.24, 2.45) is 0 Å². The normalized spacial score (nSPS) is 11.2. The Morgan fingerprint density at radius 3 is 2.67 bits per heavy atom. The van der Waals surface area contributed by atoms with Gasteiger partial charge in [-0.2, -0.15) is 5.26 Å². The fourth-order valence-corrected chi connectivity index (χ4v) is 3.07. The molecule has 1 aromatic carbocycles. The van der Waals surface area contributed by atoms with E-state index in [0.29, 0.717) is 6.54 Å². The number of hydrogen-bond donors (Lipinski definition) is 1. The number of aryl methyl sites for hydroxylation is 1. The van der Waals surface area contributed by atoms with Crippen LogP contribution in [-0.2, 0) is 17.9 Å². The second-order valence-corrected chi connectivity index (χ2v) is 6.89. The zero-order chi connectivity index (χ0) is 20.0. The van der Waals surface area contributed by atoms with Gasteiger partial charge >= 0.3 is 0 Å². The zero-order valence-corrected chi connectivity index (χ0v) is 16.8. The van der Waals surface area contributed by atoms with E-state index in [4.69, 9.17) is 0 Å². The number of nitriles is 1. The molecule has 0 bridgehead atoms. The van der Waals surface area contributed by atoms with E-state index >= 15 is 0 Å². The highest BCUT2D eigenvalue weighted by atomic mass is 16.1. The monoisotopic (exact) mass is 364 g/mol. The van der Waals surface area contributed by atoms with E-state index < -0.39 is 0 Å². The number of nitrogens with zero attached hydrogens (tertiary/aromatic N) is 3. The van der Waals surface area contributed by atoms with E-state index in [9.17, 15) is 10.1 Å². The summed E-state index contributed by atoms with van der Waals surface area (Å²) in [5.74, 6) is -0.354. The summed E-state index contributed by atoms with van der Waals surface area (Å²) in [6, 6.07) is 12.0. The lowest BCUT2D eigenvalue weighted by Gasteiger charge is -2.13. The van der Waals surface area contributed by atoms with E-state index in [1.54, 1.807) is 6.08 Å². The number of carbonyl (C=O) groups is 1. The van der Waals surface area contributed by atoms with Crippen LogP contribution < -0.4 is 10.2 Å². The van der Waals surface area contributed by atoms with Gasteiger partial charge in [-0.3, -0.25) is 4.79 Å². The quantitative estimate of drug-likeness (QED) is 0.600. The summed E-state index contributed by atoms with van der Waals surface area (Å²) >= 11 is 0. The Morgan fingerprint density at radius 1 is 1.30 bits per heavy atom. The van der Waals surface area contributed by atoms with Crippen LogP contribution >= 0.6 is 0 Å². The van der Waals surface area contributed by atoms with Crippen LogP contribution in [0.4, 0.5) is 5.69 Å². The number of benzene rings is 1. The van der Waals surface area contributed by atoms with Crippen molar-refractivity contribution in [2.75, 3.05) is 19.0 Å². The molecule has 0 saturated carbocycles. The Kier molecular flexibility index (Phi) is 6.84. The van der Waals surface area contributed by atoms with Gasteiger partial charge in [0.15, 0.2) is 0 Å². The lowest BCUT2D eigenvalue weighted by molar-refractivity contribution is -0.117. The molecule has 0 aliphatic heterocycles. The summed E-state index contributed by atoms with van der Waals surface area (Å²) in [6.45, 7) is 7.52. The predicted molar refractivity (Wildman–Crippen MR) is 110 cm³/mol. The number of rotatable bonds is 7. The average Bonchev–Trinajstić information content (AvgIpc) is 2.92. The number of hydrogen-bond acceptors (Lipinski definition) is 3. The Balaban J connectivity index is 2.15. The van der Waals surface area contributed by atoms with Crippen LogP contribution in [0.25, 0.3) is 6.08 Å². The Morgan fingerprint density at radius 2 is 2.04 bits per heavy atom. The Labute approximate surface area is 161 Å². The molecule has 1 amide bonds. The summed E-state index contributed by atoms with van der Waals surface area (Å²) in [6.07, 6.45) is 2.72. The lowest BCUT2D eigenvalue weighted by atomic mass is 10.1. The van der Waals surface area contributed by atoms with Gasteiger partial charge in [0, 0.05) is 44.3 Å². The van der Waals surface area contributed by atoms with Crippen LogP contribution in [0.1, 0.15) is 35.9 Å². The molecule has 0 radical (unpaired) electrons. The fourth-order valence-electron chi connectivity index (χ4n) is 3.07. The van der Waals surface area contributed by atoms with E-state index in [-0.39, 0.29) is 11.5 Å². The molecule has 2 aromatic rings. The van der Waals surface area contributed by atoms with Gasteiger partial charge in [-0.1, -0.05) is 19.1 Å². The molecule has 5 heteroatoms. The highest BCUT2D eigenvalue weighted by Gasteiger charge is 2.12. The van der Waals surface area contributed by atoms with E-state index in [1.807, 2.05) is 69.2 Å². The van der Waals surface area contributed by atoms with Crippen LogP contribution in [0, 0.1) is 25.2 Å². The lowest BCUT2D eigenvalue weighted by Crippen LogP contribution is -2.24. The van der Waals surface area contributed by atoms with Gasteiger partial charge in [-0.05, 0) is 55.7 Å². The Bertz CT molecular complexity index is 884. The number of nitrogens with one attached hydrogen (secondary N) is 1. The van der Waals surface area contributed by atoms with Crippen molar-refractivity contribution in [3.63, 3.8) is 0 Å². The third-order valence-electron chi connectivity index (χ3n) is 4.60. The van der Waals surface area contributed by atoms with E-state index in [1.165, 1.54) is 0 Å². The van der Waals surface area contributed by atoms with Gasteiger partial charge in [0.2, 0.25) is 0 Å². The molecule has 0 saturated heterocycles. The molecule has 0 aliphatic rings. The first-order valence-corrected chi connectivity index (χ1v) is 9.20. The minimum Gasteiger partial charge on any atom is -0.378 e. The average molecular weight is 364 g/mol. The van der Waals surface area contributed by atoms with Crippen molar-refractivity contribution in [2.45, 2.75) is 40.3 Å². The largest absolute Gasteiger partial charge is 0.378 e. The summed E-state index contributed by atoms with van der Waals surface area (Å²) in [5, 5.41) is 12.3. The van der Waals surface area contributed by atoms with E-state index in [0.717, 1.165) is 41.2 Å². The molecule has 0 atom stereocenters. The standard InChI is InChI=1S/C22H28N4O/c1-6-10-26-16(2)11-19(17(26)3)13-20(14-23)22(27)24-15-18-8-7-9-21(12-18)25(4)5/h7-9,11-13H,6,10,15H2,1-5H3,(H,24,27)/b20-13-. The van der Waals surface area contributed by atoms with Gasteiger partial charge in [0.25, 0.3) is 5.91 Å². The third kappa shape index (κ3) is 5.01. The van der Waals surface area contributed by atoms with Crippen molar-refractivity contribution >= 4 is 17.7 Å². The maximum Gasteiger partial charge on any atom is 0.262 e. The molecule has 1 aromatic heterocycles. The summed E-state index contributed by atoms with van der Waals surface area (Å²) in [7, 11) is 3.95.